The summed E-state index contributed by atoms with van der Waals surface area (Å²) in [4.78, 5) is 45.5. The molecule has 2 amide bonds. The second-order valence-corrected chi connectivity index (χ2v) is 3.66. The molecule has 0 aromatic rings. The molecule has 0 atom stereocenters. The van der Waals surface area contributed by atoms with Crippen LogP contribution in [0.15, 0.2) is 12.2 Å². The Bertz CT molecular complexity index is 383. The van der Waals surface area contributed by atoms with Crippen LogP contribution in [0.5, 0.6) is 0 Å². The summed E-state index contributed by atoms with van der Waals surface area (Å²) in [6.45, 7) is -0.963. The quantitative estimate of drug-likeness (QED) is 0.526. The molecule has 0 saturated carbocycles. The van der Waals surface area contributed by atoms with Crippen LogP contribution in [0.25, 0.3) is 0 Å². The van der Waals surface area contributed by atoms with E-state index in [1.165, 1.54) is 0 Å². The van der Waals surface area contributed by atoms with E-state index in [1.54, 1.807) is 0 Å². The maximum absolute atomic E-state index is 11.2. The van der Waals surface area contributed by atoms with Crippen LogP contribution < -0.4 is 0 Å². The largest absolute Gasteiger partial charge is 0.480 e. The van der Waals surface area contributed by atoms with Crippen LogP contribution in [-0.4, -0.2) is 69.9 Å². The van der Waals surface area contributed by atoms with Crippen LogP contribution >= 0.6 is 0 Å². The van der Waals surface area contributed by atoms with Crippen molar-refractivity contribution in [1.82, 2.24) is 9.80 Å². The minimum atomic E-state index is -1.17. The maximum atomic E-state index is 11.2. The first-order chi connectivity index (χ1) is 8.40. The van der Waals surface area contributed by atoms with Crippen LogP contribution in [0, 0.1) is 0 Å². The highest BCUT2D eigenvalue weighted by Crippen LogP contribution is 2.03. The van der Waals surface area contributed by atoms with Crippen molar-refractivity contribution in [2.75, 3.05) is 26.2 Å². The van der Waals surface area contributed by atoms with E-state index in [0.29, 0.717) is 0 Å². The predicted molar refractivity (Wildman–Crippen MR) is 57.6 cm³/mol. The van der Waals surface area contributed by atoms with Gasteiger partial charge in [-0.2, -0.15) is 0 Å². The molecule has 0 aromatic heterocycles. The van der Waals surface area contributed by atoms with Gasteiger partial charge in [-0.05, 0) is 0 Å². The second kappa shape index (κ2) is 5.92. The number of rotatable bonds is 7. The minimum absolute atomic E-state index is 0.00222. The molecule has 2 N–H and O–H groups in total. The molecule has 0 aromatic carbocycles. The monoisotopic (exact) mass is 256 g/mol. The summed E-state index contributed by atoms with van der Waals surface area (Å²) in [6, 6.07) is 0. The van der Waals surface area contributed by atoms with E-state index in [1.807, 2.05) is 0 Å². The molecule has 1 heterocycles. The number of hydrogen-bond donors (Lipinski definition) is 2. The highest BCUT2D eigenvalue weighted by atomic mass is 16.4. The fraction of sp³-hybridized carbons (Fsp3) is 0.400. The summed E-state index contributed by atoms with van der Waals surface area (Å²) in [6.07, 6.45) is 2.22. The maximum Gasteiger partial charge on any atom is 0.317 e. The number of aliphatic carboxylic acids is 2. The van der Waals surface area contributed by atoms with Crippen LogP contribution in [0.4, 0.5) is 0 Å². The Morgan fingerprint density at radius 3 is 1.89 bits per heavy atom. The zero-order valence-corrected chi connectivity index (χ0v) is 9.40. The average Bonchev–Trinajstić information content (AvgIpc) is 2.54. The zero-order valence-electron chi connectivity index (χ0n) is 9.40. The number of carbonyl (C=O) groups excluding carboxylic acids is 2. The van der Waals surface area contributed by atoms with Gasteiger partial charge in [0.25, 0.3) is 11.8 Å². The van der Waals surface area contributed by atoms with Gasteiger partial charge in [0.2, 0.25) is 0 Å². The average molecular weight is 256 g/mol. The van der Waals surface area contributed by atoms with Crippen LogP contribution in [0.3, 0.4) is 0 Å². The van der Waals surface area contributed by atoms with Gasteiger partial charge >= 0.3 is 11.9 Å². The SMILES string of the molecule is O=C(O)CN(CCN1C(=O)C=CC1=O)CC(=O)O. The van der Waals surface area contributed by atoms with E-state index in [0.717, 1.165) is 22.0 Å². The summed E-state index contributed by atoms with van der Waals surface area (Å²) >= 11 is 0. The lowest BCUT2D eigenvalue weighted by Crippen LogP contribution is -2.42. The standard InChI is InChI=1S/C10H12N2O6/c13-7-1-2-8(14)12(7)4-3-11(5-9(15)16)6-10(17)18/h1-2H,3-6H2,(H,15,16)(H,17,18). The highest BCUT2D eigenvalue weighted by molar-refractivity contribution is 6.12. The molecular formula is C10H12N2O6. The zero-order chi connectivity index (χ0) is 13.7. The lowest BCUT2D eigenvalue weighted by Gasteiger charge is -2.21. The van der Waals surface area contributed by atoms with E-state index in [4.69, 9.17) is 10.2 Å². The smallest absolute Gasteiger partial charge is 0.317 e. The Morgan fingerprint density at radius 1 is 1.06 bits per heavy atom. The first kappa shape index (κ1) is 13.8. The third-order valence-corrected chi connectivity index (χ3v) is 2.26. The van der Waals surface area contributed by atoms with Gasteiger partial charge in [0, 0.05) is 25.2 Å². The van der Waals surface area contributed by atoms with Gasteiger partial charge in [0.05, 0.1) is 13.1 Å². The minimum Gasteiger partial charge on any atom is -0.480 e. The van der Waals surface area contributed by atoms with Gasteiger partial charge in [-0.15, -0.1) is 0 Å². The Kier molecular flexibility index (Phi) is 4.55. The molecule has 0 spiro atoms. The lowest BCUT2D eigenvalue weighted by molar-refractivity contribution is -0.141. The molecule has 0 aliphatic carbocycles. The van der Waals surface area contributed by atoms with E-state index in [-0.39, 0.29) is 13.1 Å². The molecule has 0 saturated heterocycles. The second-order valence-electron chi connectivity index (χ2n) is 3.66. The fourth-order valence-electron chi connectivity index (χ4n) is 1.49. The molecular weight excluding hydrogens is 244 g/mol. The molecule has 0 fully saturated rings. The normalized spacial score (nSPS) is 14.6. The number of imide groups is 1. The van der Waals surface area contributed by atoms with E-state index < -0.39 is 36.8 Å². The number of carboxylic acids is 2. The van der Waals surface area contributed by atoms with E-state index >= 15 is 0 Å². The number of carbonyl (C=O) groups is 4. The summed E-state index contributed by atoms with van der Waals surface area (Å²) in [5.41, 5.74) is 0. The van der Waals surface area contributed by atoms with Gasteiger partial charge in [0.15, 0.2) is 0 Å². The predicted octanol–water partition coefficient (Wildman–Crippen LogP) is -1.62. The summed E-state index contributed by atoms with van der Waals surface area (Å²) < 4.78 is 0. The van der Waals surface area contributed by atoms with Gasteiger partial charge in [0.1, 0.15) is 0 Å². The molecule has 8 nitrogen and oxygen atoms in total. The Hall–Kier alpha value is -2.22. The first-order valence-corrected chi connectivity index (χ1v) is 5.09. The van der Waals surface area contributed by atoms with Crippen molar-refractivity contribution in [2.24, 2.45) is 0 Å². The van der Waals surface area contributed by atoms with E-state index in [2.05, 4.69) is 0 Å². The number of hydrogen-bond acceptors (Lipinski definition) is 5. The number of carboxylic acid groups (broad SMARTS) is 2. The summed E-state index contributed by atoms with van der Waals surface area (Å²) in [7, 11) is 0. The van der Waals surface area contributed by atoms with Crippen molar-refractivity contribution in [2.45, 2.75) is 0 Å². The van der Waals surface area contributed by atoms with Crippen molar-refractivity contribution in [3.8, 4) is 0 Å². The first-order valence-electron chi connectivity index (χ1n) is 5.09. The Morgan fingerprint density at radius 2 is 1.50 bits per heavy atom. The lowest BCUT2D eigenvalue weighted by atomic mass is 10.4. The topological polar surface area (TPSA) is 115 Å². The fourth-order valence-corrected chi connectivity index (χ4v) is 1.49. The molecule has 1 aliphatic heterocycles. The Balaban J connectivity index is 2.51. The van der Waals surface area contributed by atoms with Gasteiger partial charge in [-0.3, -0.25) is 29.0 Å². The van der Waals surface area contributed by atoms with Gasteiger partial charge in [-0.25, -0.2) is 0 Å². The van der Waals surface area contributed by atoms with E-state index in [9.17, 15) is 19.2 Å². The Labute approximate surface area is 102 Å². The van der Waals surface area contributed by atoms with Crippen molar-refractivity contribution in [3.05, 3.63) is 12.2 Å². The molecule has 0 radical (unpaired) electrons. The molecule has 18 heavy (non-hydrogen) atoms. The molecule has 8 heteroatoms. The summed E-state index contributed by atoms with van der Waals surface area (Å²) in [5.74, 6) is -3.31. The number of amides is 2. The van der Waals surface area contributed by atoms with Crippen molar-refractivity contribution in [1.29, 1.82) is 0 Å². The molecule has 1 aliphatic rings. The molecule has 98 valence electrons. The molecule has 0 unspecified atom stereocenters. The number of nitrogens with zero attached hydrogens (tertiary/aromatic N) is 2. The third kappa shape index (κ3) is 3.98. The van der Waals surface area contributed by atoms with Crippen molar-refractivity contribution < 1.29 is 29.4 Å². The third-order valence-electron chi connectivity index (χ3n) is 2.26. The van der Waals surface area contributed by atoms with Crippen molar-refractivity contribution in [3.63, 3.8) is 0 Å². The highest BCUT2D eigenvalue weighted by Gasteiger charge is 2.24. The molecule has 1 rings (SSSR count). The van der Waals surface area contributed by atoms with Crippen LogP contribution in [0.1, 0.15) is 0 Å². The van der Waals surface area contributed by atoms with Gasteiger partial charge in [-0.1, -0.05) is 0 Å². The summed E-state index contributed by atoms with van der Waals surface area (Å²) in [5, 5.41) is 17.2. The van der Waals surface area contributed by atoms with Gasteiger partial charge < -0.3 is 10.2 Å². The van der Waals surface area contributed by atoms with Crippen LogP contribution in [-0.2, 0) is 19.2 Å². The molecule has 0 bridgehead atoms. The van der Waals surface area contributed by atoms with Crippen LogP contribution in [0.2, 0.25) is 0 Å². The van der Waals surface area contributed by atoms with Crippen molar-refractivity contribution >= 4 is 23.8 Å².